The molecule has 0 amide bonds. The molecule has 2 N–H and O–H groups in total. The summed E-state index contributed by atoms with van der Waals surface area (Å²) in [5.41, 5.74) is 5.49. The van der Waals surface area contributed by atoms with E-state index >= 15 is 0 Å². The zero-order valence-electron chi connectivity index (χ0n) is 12.0. The Labute approximate surface area is 112 Å². The molecule has 112 valence electrons. The van der Waals surface area contributed by atoms with Crippen LogP contribution in [0.3, 0.4) is 0 Å². The average Bonchev–Trinajstić information content (AvgIpc) is 2.31. The lowest BCUT2D eigenvalue weighted by Crippen LogP contribution is -2.48. The molecule has 0 aliphatic heterocycles. The first-order chi connectivity index (χ1) is 8.30. The van der Waals surface area contributed by atoms with Crippen molar-refractivity contribution in [2.24, 2.45) is 5.73 Å². The Hall–Kier alpha value is -0.210. The van der Waals surface area contributed by atoms with E-state index in [1.807, 2.05) is 0 Å². The number of nitrogens with zero attached hydrogens (tertiary/aromatic N) is 1. The zero-order chi connectivity index (χ0) is 14.7. The molecule has 0 atom stereocenters. The van der Waals surface area contributed by atoms with Crippen LogP contribution in [0.15, 0.2) is 0 Å². The van der Waals surface area contributed by atoms with Gasteiger partial charge in [-0.25, -0.2) is 8.42 Å². The van der Waals surface area contributed by atoms with E-state index in [2.05, 4.69) is 25.0 Å². The molecule has 0 aromatic carbocycles. The maximum absolute atomic E-state index is 9.45. The van der Waals surface area contributed by atoms with Gasteiger partial charge >= 0.3 is 0 Å². The Kier molecular flexibility index (Phi) is 11.9. The van der Waals surface area contributed by atoms with Crippen molar-refractivity contribution in [1.82, 2.24) is 0 Å². The van der Waals surface area contributed by atoms with Crippen molar-refractivity contribution in [2.75, 3.05) is 39.3 Å². The van der Waals surface area contributed by atoms with Crippen molar-refractivity contribution in [1.29, 1.82) is 0 Å². The molecule has 0 rings (SSSR count). The van der Waals surface area contributed by atoms with E-state index < -0.39 is 10.4 Å². The SMILES string of the molecule is CCOS(=O)(=O)[O-].CC[N+](CC)(CC)CCCN. The Morgan fingerprint density at radius 3 is 1.72 bits per heavy atom. The van der Waals surface area contributed by atoms with Crippen LogP contribution < -0.4 is 5.73 Å². The van der Waals surface area contributed by atoms with Crippen LogP contribution >= 0.6 is 0 Å². The second-order valence-electron chi connectivity index (χ2n) is 3.97. The Morgan fingerprint density at radius 2 is 1.56 bits per heavy atom. The number of rotatable bonds is 8. The maximum atomic E-state index is 9.45. The van der Waals surface area contributed by atoms with Crippen LogP contribution in [-0.2, 0) is 14.6 Å². The molecule has 0 heterocycles. The predicted octanol–water partition coefficient (Wildman–Crippen LogP) is 0.695. The Bertz CT molecular complexity index is 269. The van der Waals surface area contributed by atoms with Gasteiger partial charge in [0.25, 0.3) is 0 Å². The summed E-state index contributed by atoms with van der Waals surface area (Å²) < 4.78 is 33.2. The lowest BCUT2D eigenvalue weighted by molar-refractivity contribution is -0.923. The summed E-state index contributed by atoms with van der Waals surface area (Å²) in [5.74, 6) is 0. The molecule has 0 spiro atoms. The summed E-state index contributed by atoms with van der Waals surface area (Å²) in [4.78, 5) is 0. The fourth-order valence-electron chi connectivity index (χ4n) is 1.72. The molecule has 0 saturated heterocycles. The van der Waals surface area contributed by atoms with Gasteiger partial charge in [0.05, 0.1) is 32.8 Å². The van der Waals surface area contributed by atoms with Crippen LogP contribution in [0, 0.1) is 0 Å². The first-order valence-corrected chi connectivity index (χ1v) is 7.79. The third-order valence-corrected chi connectivity index (χ3v) is 3.64. The molecule has 0 aromatic heterocycles. The van der Waals surface area contributed by atoms with Gasteiger partial charge in [0.2, 0.25) is 10.4 Å². The topological polar surface area (TPSA) is 92.5 Å². The number of hydrogen-bond donors (Lipinski definition) is 1. The third-order valence-electron chi connectivity index (χ3n) is 3.11. The molecule has 0 saturated carbocycles. The van der Waals surface area contributed by atoms with Crippen LogP contribution in [0.5, 0.6) is 0 Å². The fraction of sp³-hybridized carbons (Fsp3) is 1.00. The van der Waals surface area contributed by atoms with E-state index in [9.17, 15) is 13.0 Å². The van der Waals surface area contributed by atoms with E-state index in [0.717, 1.165) is 13.0 Å². The van der Waals surface area contributed by atoms with Gasteiger partial charge in [-0.1, -0.05) is 0 Å². The molecule has 0 bridgehead atoms. The predicted molar refractivity (Wildman–Crippen MR) is 71.7 cm³/mol. The summed E-state index contributed by atoms with van der Waals surface area (Å²) in [5, 5.41) is 0. The maximum Gasteiger partial charge on any atom is 0.217 e. The summed E-state index contributed by atoms with van der Waals surface area (Å²) >= 11 is 0. The van der Waals surface area contributed by atoms with Crippen LogP contribution in [0.1, 0.15) is 34.1 Å². The van der Waals surface area contributed by atoms with Crippen molar-refractivity contribution >= 4 is 10.4 Å². The highest BCUT2D eigenvalue weighted by molar-refractivity contribution is 7.80. The van der Waals surface area contributed by atoms with Gasteiger partial charge in [0, 0.05) is 6.42 Å². The van der Waals surface area contributed by atoms with Gasteiger partial charge in [-0.3, -0.25) is 4.18 Å². The first kappa shape index (κ1) is 20.1. The van der Waals surface area contributed by atoms with E-state index in [-0.39, 0.29) is 6.61 Å². The van der Waals surface area contributed by atoms with Gasteiger partial charge < -0.3 is 14.8 Å². The number of nitrogens with two attached hydrogens (primary N) is 1. The second-order valence-corrected chi connectivity index (χ2v) is 5.02. The molecule has 0 radical (unpaired) electrons. The van der Waals surface area contributed by atoms with Gasteiger partial charge in [-0.05, 0) is 34.2 Å². The third kappa shape index (κ3) is 10.9. The quantitative estimate of drug-likeness (QED) is 0.402. The van der Waals surface area contributed by atoms with E-state index in [0.29, 0.717) is 0 Å². The van der Waals surface area contributed by atoms with Crippen LogP contribution in [-0.4, -0.2) is 56.8 Å². The number of quaternary nitrogens is 1. The van der Waals surface area contributed by atoms with Crippen molar-refractivity contribution in [3.05, 3.63) is 0 Å². The normalized spacial score (nSPS) is 11.9. The molecule has 0 aromatic rings. The molecule has 0 fully saturated rings. The van der Waals surface area contributed by atoms with Gasteiger partial charge in [-0.15, -0.1) is 0 Å². The molecule has 7 heteroatoms. The Morgan fingerprint density at radius 1 is 1.11 bits per heavy atom. The molecule has 0 aliphatic carbocycles. The van der Waals surface area contributed by atoms with E-state index in [1.165, 1.54) is 37.6 Å². The molecule has 18 heavy (non-hydrogen) atoms. The van der Waals surface area contributed by atoms with Gasteiger partial charge in [0.1, 0.15) is 0 Å². The van der Waals surface area contributed by atoms with E-state index in [4.69, 9.17) is 5.73 Å². The Balaban J connectivity index is 0. The molecular formula is C11H28N2O4S. The lowest BCUT2D eigenvalue weighted by atomic mass is 10.3. The van der Waals surface area contributed by atoms with Crippen molar-refractivity contribution < 1.29 is 21.6 Å². The minimum atomic E-state index is -4.42. The highest BCUT2D eigenvalue weighted by atomic mass is 32.3. The molecular weight excluding hydrogens is 256 g/mol. The van der Waals surface area contributed by atoms with Crippen LogP contribution in [0.4, 0.5) is 0 Å². The van der Waals surface area contributed by atoms with Crippen LogP contribution in [0.2, 0.25) is 0 Å². The number of hydrogen-bond acceptors (Lipinski definition) is 5. The van der Waals surface area contributed by atoms with Gasteiger partial charge in [-0.2, -0.15) is 0 Å². The largest absolute Gasteiger partial charge is 0.726 e. The minimum absolute atomic E-state index is 0.0914. The second kappa shape index (κ2) is 10.7. The van der Waals surface area contributed by atoms with Crippen LogP contribution in [0.25, 0.3) is 0 Å². The average molecular weight is 284 g/mol. The van der Waals surface area contributed by atoms with Gasteiger partial charge in [0.15, 0.2) is 0 Å². The van der Waals surface area contributed by atoms with Crippen molar-refractivity contribution in [3.63, 3.8) is 0 Å². The minimum Gasteiger partial charge on any atom is -0.726 e. The highest BCUT2D eigenvalue weighted by Crippen LogP contribution is 2.06. The fourth-order valence-corrected chi connectivity index (χ4v) is 2.00. The molecule has 6 nitrogen and oxygen atoms in total. The highest BCUT2D eigenvalue weighted by Gasteiger charge is 2.18. The zero-order valence-corrected chi connectivity index (χ0v) is 12.8. The lowest BCUT2D eigenvalue weighted by Gasteiger charge is -2.35. The monoisotopic (exact) mass is 284 g/mol. The summed E-state index contributed by atoms with van der Waals surface area (Å²) in [6, 6.07) is 0. The van der Waals surface area contributed by atoms with Crippen molar-refractivity contribution in [2.45, 2.75) is 34.1 Å². The van der Waals surface area contributed by atoms with Crippen molar-refractivity contribution in [3.8, 4) is 0 Å². The molecule has 0 aliphatic rings. The first-order valence-electron chi connectivity index (χ1n) is 6.46. The smallest absolute Gasteiger partial charge is 0.217 e. The summed E-state index contributed by atoms with van der Waals surface area (Å²) in [6.45, 7) is 13.9. The molecule has 0 unspecified atom stereocenters. The summed E-state index contributed by atoms with van der Waals surface area (Å²) in [6.07, 6.45) is 1.16. The summed E-state index contributed by atoms with van der Waals surface area (Å²) in [7, 11) is -4.42. The standard InChI is InChI=1S/C9H23N2.C2H6O4S/c1-4-11(5-2,6-3)9-7-8-10;1-2-6-7(3,4)5/h4-10H2,1-3H3;2H2,1H3,(H,3,4,5)/q+1;/p-1. The van der Waals surface area contributed by atoms with E-state index in [1.54, 1.807) is 0 Å².